The molecule has 6 heteroatoms. The van der Waals surface area contributed by atoms with Crippen LogP contribution in [0.2, 0.25) is 0 Å². The Morgan fingerprint density at radius 1 is 1.05 bits per heavy atom. The number of hydrogen-bond acceptors (Lipinski definition) is 2. The molecule has 2 aromatic rings. The third-order valence-corrected chi connectivity index (χ3v) is 2.49. The Hall–Kier alpha value is -2.11. The topological polar surface area (TPSA) is 24.9 Å². The average molecular weight is 270 g/mol. The van der Waals surface area contributed by atoms with E-state index in [0.717, 1.165) is 12.3 Å². The van der Waals surface area contributed by atoms with Crippen LogP contribution in [0, 0.1) is 5.82 Å². The minimum Gasteiger partial charge on any atom is -0.380 e. The Morgan fingerprint density at radius 2 is 1.79 bits per heavy atom. The first kappa shape index (κ1) is 13.3. The van der Waals surface area contributed by atoms with Crippen molar-refractivity contribution in [3.63, 3.8) is 0 Å². The Bertz CT molecular complexity index is 549. The molecule has 0 saturated heterocycles. The highest BCUT2D eigenvalue weighted by atomic mass is 19.4. The highest BCUT2D eigenvalue weighted by Crippen LogP contribution is 2.27. The van der Waals surface area contributed by atoms with Gasteiger partial charge >= 0.3 is 6.18 Å². The second-order valence-corrected chi connectivity index (χ2v) is 3.87. The second kappa shape index (κ2) is 5.26. The van der Waals surface area contributed by atoms with Crippen LogP contribution in [0.4, 0.5) is 23.2 Å². The molecule has 100 valence electrons. The molecular weight excluding hydrogens is 260 g/mol. The lowest BCUT2D eigenvalue weighted by molar-refractivity contribution is -0.141. The quantitative estimate of drug-likeness (QED) is 0.857. The van der Waals surface area contributed by atoms with Crippen LogP contribution < -0.4 is 5.32 Å². The molecule has 0 aliphatic carbocycles. The van der Waals surface area contributed by atoms with E-state index in [1.807, 2.05) is 0 Å². The number of nitrogens with one attached hydrogen (secondary N) is 1. The number of benzene rings is 1. The molecule has 19 heavy (non-hydrogen) atoms. The molecule has 0 amide bonds. The number of alkyl halides is 3. The normalized spacial score (nSPS) is 11.4. The summed E-state index contributed by atoms with van der Waals surface area (Å²) in [5.41, 5.74) is -0.123. The summed E-state index contributed by atoms with van der Waals surface area (Å²) in [6, 6.07) is 8.31. The maximum atomic E-state index is 13.3. The van der Waals surface area contributed by atoms with Gasteiger partial charge in [-0.1, -0.05) is 18.2 Å². The molecule has 0 aliphatic heterocycles. The number of pyridine rings is 1. The Morgan fingerprint density at radius 3 is 2.37 bits per heavy atom. The van der Waals surface area contributed by atoms with Gasteiger partial charge in [-0.15, -0.1) is 0 Å². The Kier molecular flexibility index (Phi) is 3.69. The van der Waals surface area contributed by atoms with Crippen molar-refractivity contribution in [3.05, 3.63) is 59.7 Å². The minimum absolute atomic E-state index is 0.180. The fourth-order valence-corrected chi connectivity index (χ4v) is 1.51. The van der Waals surface area contributed by atoms with Gasteiger partial charge in [-0.3, -0.25) is 0 Å². The summed E-state index contributed by atoms with van der Waals surface area (Å²) in [6.07, 6.45) is -3.38. The molecule has 0 spiro atoms. The van der Waals surface area contributed by atoms with Crippen molar-refractivity contribution in [3.8, 4) is 0 Å². The smallest absolute Gasteiger partial charge is 0.380 e. The number of halogens is 4. The average Bonchev–Trinajstić information content (AvgIpc) is 2.37. The Labute approximate surface area is 107 Å². The van der Waals surface area contributed by atoms with Crippen molar-refractivity contribution >= 4 is 5.69 Å². The zero-order valence-electron chi connectivity index (χ0n) is 9.71. The van der Waals surface area contributed by atoms with Gasteiger partial charge < -0.3 is 5.32 Å². The van der Waals surface area contributed by atoms with Crippen LogP contribution >= 0.6 is 0 Å². The monoisotopic (exact) mass is 270 g/mol. The predicted molar refractivity (Wildman–Crippen MR) is 63.0 cm³/mol. The first-order valence-corrected chi connectivity index (χ1v) is 5.47. The van der Waals surface area contributed by atoms with Crippen LogP contribution in [0.5, 0.6) is 0 Å². The number of anilines is 1. The van der Waals surface area contributed by atoms with Crippen LogP contribution in [0.1, 0.15) is 11.3 Å². The van der Waals surface area contributed by atoms with Crippen LogP contribution in [-0.2, 0) is 12.7 Å². The maximum absolute atomic E-state index is 13.3. The summed E-state index contributed by atoms with van der Waals surface area (Å²) in [5, 5.41) is 2.81. The predicted octanol–water partition coefficient (Wildman–Crippen LogP) is 3.85. The fourth-order valence-electron chi connectivity index (χ4n) is 1.51. The molecule has 1 heterocycles. The van der Waals surface area contributed by atoms with Crippen LogP contribution in [0.15, 0.2) is 42.6 Å². The third kappa shape index (κ3) is 3.43. The third-order valence-electron chi connectivity index (χ3n) is 2.49. The molecule has 0 bridgehead atoms. The van der Waals surface area contributed by atoms with Crippen molar-refractivity contribution in [2.45, 2.75) is 12.7 Å². The van der Waals surface area contributed by atoms with Gasteiger partial charge in [0.25, 0.3) is 0 Å². The van der Waals surface area contributed by atoms with Crippen LogP contribution in [0.3, 0.4) is 0 Å². The van der Waals surface area contributed by atoms with Gasteiger partial charge in [0, 0.05) is 12.1 Å². The molecule has 1 N–H and O–H groups in total. The molecule has 0 fully saturated rings. The molecule has 0 saturated carbocycles. The number of rotatable bonds is 3. The zero-order chi connectivity index (χ0) is 13.9. The summed E-state index contributed by atoms with van der Waals surface area (Å²) < 4.78 is 50.2. The minimum atomic E-state index is -4.45. The van der Waals surface area contributed by atoms with E-state index in [9.17, 15) is 17.6 Å². The molecule has 0 unspecified atom stereocenters. The molecule has 0 radical (unpaired) electrons. The highest BCUT2D eigenvalue weighted by Gasteiger charge is 2.31. The molecule has 0 aliphatic rings. The summed E-state index contributed by atoms with van der Waals surface area (Å²) in [4.78, 5) is 3.30. The van der Waals surface area contributed by atoms with Gasteiger partial charge in [0.05, 0.1) is 11.9 Å². The highest BCUT2D eigenvalue weighted by molar-refractivity contribution is 5.42. The molecule has 1 aromatic carbocycles. The van der Waals surface area contributed by atoms with E-state index in [-0.39, 0.29) is 12.4 Å². The van der Waals surface area contributed by atoms with Gasteiger partial charge in [0.2, 0.25) is 0 Å². The largest absolute Gasteiger partial charge is 0.433 e. The van der Waals surface area contributed by atoms with Gasteiger partial charge in [-0.2, -0.15) is 13.2 Å². The lowest BCUT2D eigenvalue weighted by Crippen LogP contribution is -2.08. The zero-order valence-corrected chi connectivity index (χ0v) is 9.71. The number of aromatic nitrogens is 1. The summed E-state index contributed by atoms with van der Waals surface area (Å²) in [7, 11) is 0. The van der Waals surface area contributed by atoms with E-state index in [2.05, 4.69) is 10.3 Å². The SMILES string of the molecule is Fc1ccccc1CNc1ccc(C(F)(F)F)nc1. The summed E-state index contributed by atoms with van der Waals surface area (Å²) in [6.45, 7) is 0.180. The van der Waals surface area contributed by atoms with E-state index in [0.29, 0.717) is 11.3 Å². The first-order valence-electron chi connectivity index (χ1n) is 5.47. The maximum Gasteiger partial charge on any atom is 0.433 e. The molecule has 1 aromatic heterocycles. The number of nitrogens with zero attached hydrogens (tertiary/aromatic N) is 1. The lowest BCUT2D eigenvalue weighted by Gasteiger charge is -2.09. The summed E-state index contributed by atoms with van der Waals surface area (Å²) >= 11 is 0. The standard InChI is InChI=1S/C13H10F4N2/c14-11-4-2-1-3-9(11)7-18-10-5-6-12(19-8-10)13(15,16)17/h1-6,8,18H,7H2. The van der Waals surface area contributed by atoms with Crippen molar-refractivity contribution in [2.24, 2.45) is 0 Å². The van der Waals surface area contributed by atoms with E-state index in [1.165, 1.54) is 12.1 Å². The molecule has 2 nitrogen and oxygen atoms in total. The van der Waals surface area contributed by atoms with Crippen molar-refractivity contribution in [1.29, 1.82) is 0 Å². The van der Waals surface area contributed by atoms with Gasteiger partial charge in [0.1, 0.15) is 11.5 Å². The van der Waals surface area contributed by atoms with Crippen molar-refractivity contribution < 1.29 is 17.6 Å². The fraction of sp³-hybridized carbons (Fsp3) is 0.154. The molecular formula is C13H10F4N2. The lowest BCUT2D eigenvalue weighted by atomic mass is 10.2. The first-order chi connectivity index (χ1) is 8.97. The van der Waals surface area contributed by atoms with Crippen molar-refractivity contribution in [1.82, 2.24) is 4.98 Å². The molecule has 2 rings (SSSR count). The number of hydrogen-bond donors (Lipinski definition) is 1. The van der Waals surface area contributed by atoms with Gasteiger partial charge in [-0.05, 0) is 18.2 Å². The van der Waals surface area contributed by atoms with Crippen LogP contribution in [0.25, 0.3) is 0 Å². The van der Waals surface area contributed by atoms with Crippen LogP contribution in [-0.4, -0.2) is 4.98 Å². The van der Waals surface area contributed by atoms with Crippen molar-refractivity contribution in [2.75, 3.05) is 5.32 Å². The summed E-state index contributed by atoms with van der Waals surface area (Å²) in [5.74, 6) is -0.366. The second-order valence-electron chi connectivity index (χ2n) is 3.87. The molecule has 0 atom stereocenters. The van der Waals surface area contributed by atoms with Gasteiger partial charge in [-0.25, -0.2) is 9.37 Å². The van der Waals surface area contributed by atoms with Gasteiger partial charge in [0.15, 0.2) is 0 Å². The van der Waals surface area contributed by atoms with E-state index < -0.39 is 11.9 Å². The van der Waals surface area contributed by atoms with E-state index in [4.69, 9.17) is 0 Å². The van der Waals surface area contributed by atoms with E-state index >= 15 is 0 Å². The Balaban J connectivity index is 2.03. The van der Waals surface area contributed by atoms with E-state index in [1.54, 1.807) is 18.2 Å².